The number of likely N-dealkylation sites (tertiary alicyclic amines) is 1. The topological polar surface area (TPSA) is 67.3 Å². The van der Waals surface area contributed by atoms with E-state index in [1.54, 1.807) is 4.90 Å². The van der Waals surface area contributed by atoms with Crippen molar-refractivity contribution in [3.63, 3.8) is 0 Å². The van der Waals surface area contributed by atoms with E-state index in [4.69, 9.17) is 27.9 Å². The minimum atomic E-state index is -0.479. The molecular formula is C15H22Cl2N4O2. The van der Waals surface area contributed by atoms with Crippen molar-refractivity contribution in [2.75, 3.05) is 25.0 Å². The van der Waals surface area contributed by atoms with Gasteiger partial charge in [0.25, 0.3) is 0 Å². The summed E-state index contributed by atoms with van der Waals surface area (Å²) in [5.74, 6) is 0.821. The number of rotatable bonds is 3. The van der Waals surface area contributed by atoms with Gasteiger partial charge in [-0.05, 0) is 51.1 Å². The Morgan fingerprint density at radius 2 is 2.22 bits per heavy atom. The molecule has 8 heteroatoms. The predicted molar refractivity (Wildman–Crippen MR) is 91.1 cm³/mol. The average Bonchev–Trinajstić information content (AvgIpc) is 2.47. The van der Waals surface area contributed by atoms with Crippen LogP contribution in [0.3, 0.4) is 0 Å². The van der Waals surface area contributed by atoms with E-state index in [2.05, 4.69) is 15.3 Å². The van der Waals surface area contributed by atoms with Crippen molar-refractivity contribution >= 4 is 35.1 Å². The van der Waals surface area contributed by atoms with Gasteiger partial charge in [0, 0.05) is 19.6 Å². The van der Waals surface area contributed by atoms with E-state index in [-0.39, 0.29) is 11.4 Å². The lowest BCUT2D eigenvalue weighted by atomic mass is 9.98. The molecular weight excluding hydrogens is 339 g/mol. The number of nitrogens with one attached hydrogen (secondary N) is 1. The molecule has 1 atom stereocenters. The van der Waals surface area contributed by atoms with Gasteiger partial charge < -0.3 is 15.0 Å². The Balaban J connectivity index is 1.89. The first kappa shape index (κ1) is 18.1. The van der Waals surface area contributed by atoms with Crippen LogP contribution in [0.1, 0.15) is 33.6 Å². The molecule has 1 aliphatic heterocycles. The molecule has 0 saturated carbocycles. The van der Waals surface area contributed by atoms with Gasteiger partial charge in [0.15, 0.2) is 0 Å². The van der Waals surface area contributed by atoms with E-state index in [1.165, 1.54) is 6.20 Å². The Bertz CT molecular complexity index is 563. The molecule has 0 aromatic carbocycles. The molecule has 6 nitrogen and oxygen atoms in total. The number of ether oxygens (including phenoxy) is 1. The lowest BCUT2D eigenvalue weighted by molar-refractivity contribution is 0.0172. The first-order valence-electron chi connectivity index (χ1n) is 7.64. The fraction of sp³-hybridized carbons (Fsp3) is 0.667. The molecule has 0 radical (unpaired) electrons. The van der Waals surface area contributed by atoms with Crippen LogP contribution in [0, 0.1) is 5.92 Å². The summed E-state index contributed by atoms with van der Waals surface area (Å²) in [7, 11) is 0. The summed E-state index contributed by atoms with van der Waals surface area (Å²) in [6, 6.07) is 0. The van der Waals surface area contributed by atoms with Gasteiger partial charge in [-0.15, -0.1) is 0 Å². The standard InChI is InChI=1S/C15H22Cl2N4O2/c1-15(2,3)23-14(22)21-6-4-5-10(9-21)7-18-12-11(16)8-19-13(17)20-12/h8,10H,4-7,9H2,1-3H3,(H,18,19,20)/t10-/m0/s1. The zero-order valence-corrected chi connectivity index (χ0v) is 15.1. The van der Waals surface area contributed by atoms with Crippen LogP contribution < -0.4 is 5.32 Å². The van der Waals surface area contributed by atoms with E-state index >= 15 is 0 Å². The summed E-state index contributed by atoms with van der Waals surface area (Å²) in [4.78, 5) is 21.8. The molecule has 1 amide bonds. The second-order valence-electron chi connectivity index (χ2n) is 6.65. The highest BCUT2D eigenvalue weighted by molar-refractivity contribution is 6.33. The molecule has 0 unspecified atom stereocenters. The van der Waals surface area contributed by atoms with Crippen LogP contribution in [-0.2, 0) is 4.74 Å². The highest BCUT2D eigenvalue weighted by Gasteiger charge is 2.27. The van der Waals surface area contributed by atoms with Crippen LogP contribution in [0.25, 0.3) is 0 Å². The SMILES string of the molecule is CC(C)(C)OC(=O)N1CCC[C@@H](CNc2nc(Cl)ncc2Cl)C1. The summed E-state index contributed by atoms with van der Waals surface area (Å²) < 4.78 is 5.43. The van der Waals surface area contributed by atoms with Gasteiger partial charge in [-0.25, -0.2) is 9.78 Å². The monoisotopic (exact) mass is 360 g/mol. The van der Waals surface area contributed by atoms with Gasteiger partial charge in [0.2, 0.25) is 5.28 Å². The number of piperidine rings is 1. The Kier molecular flexibility index (Phi) is 5.92. The Morgan fingerprint density at radius 1 is 1.48 bits per heavy atom. The number of carbonyl (C=O) groups is 1. The van der Waals surface area contributed by atoms with Crippen molar-refractivity contribution in [1.29, 1.82) is 0 Å². The molecule has 1 fully saturated rings. The van der Waals surface area contributed by atoms with Crippen LogP contribution in [-0.4, -0.2) is 46.2 Å². The summed E-state index contributed by atoms with van der Waals surface area (Å²) in [5.41, 5.74) is -0.479. The van der Waals surface area contributed by atoms with Crippen molar-refractivity contribution in [3.05, 3.63) is 16.5 Å². The molecule has 2 heterocycles. The first-order chi connectivity index (χ1) is 10.7. The molecule has 128 valence electrons. The van der Waals surface area contributed by atoms with Crippen molar-refractivity contribution in [3.8, 4) is 0 Å². The summed E-state index contributed by atoms with van der Waals surface area (Å²) in [6.07, 6.45) is 3.19. The Morgan fingerprint density at radius 3 is 2.91 bits per heavy atom. The number of aromatic nitrogens is 2. The van der Waals surface area contributed by atoms with Crippen LogP contribution in [0.15, 0.2) is 6.20 Å². The zero-order chi connectivity index (χ0) is 17.0. The predicted octanol–water partition coefficient (Wildman–Crippen LogP) is 3.84. The maximum atomic E-state index is 12.2. The smallest absolute Gasteiger partial charge is 0.410 e. The van der Waals surface area contributed by atoms with Gasteiger partial charge in [-0.1, -0.05) is 11.6 Å². The second kappa shape index (κ2) is 7.53. The van der Waals surface area contributed by atoms with Crippen LogP contribution in [0.4, 0.5) is 10.6 Å². The quantitative estimate of drug-likeness (QED) is 0.829. The number of hydrogen-bond acceptors (Lipinski definition) is 5. The molecule has 1 aromatic heterocycles. The maximum absolute atomic E-state index is 12.2. The molecule has 23 heavy (non-hydrogen) atoms. The van der Waals surface area contributed by atoms with Crippen LogP contribution in [0.2, 0.25) is 10.3 Å². The van der Waals surface area contributed by atoms with Crippen molar-refractivity contribution in [2.24, 2.45) is 5.92 Å². The number of amides is 1. The lowest BCUT2D eigenvalue weighted by Crippen LogP contribution is -2.44. The van der Waals surface area contributed by atoms with Gasteiger partial charge in [0.05, 0.1) is 6.20 Å². The normalized spacial score (nSPS) is 18.7. The fourth-order valence-electron chi connectivity index (χ4n) is 2.43. The third-order valence-electron chi connectivity index (χ3n) is 3.44. The van der Waals surface area contributed by atoms with E-state index in [0.29, 0.717) is 29.8 Å². The van der Waals surface area contributed by atoms with Crippen LogP contribution in [0.5, 0.6) is 0 Å². The molecule has 0 aliphatic carbocycles. The molecule has 1 saturated heterocycles. The zero-order valence-electron chi connectivity index (χ0n) is 13.6. The molecule has 1 N–H and O–H groups in total. The van der Waals surface area contributed by atoms with Crippen molar-refractivity contribution in [2.45, 2.75) is 39.2 Å². The van der Waals surface area contributed by atoms with E-state index in [0.717, 1.165) is 19.4 Å². The molecule has 2 rings (SSSR count). The van der Waals surface area contributed by atoms with E-state index < -0.39 is 5.60 Å². The second-order valence-corrected chi connectivity index (χ2v) is 7.40. The van der Waals surface area contributed by atoms with Crippen molar-refractivity contribution in [1.82, 2.24) is 14.9 Å². The largest absolute Gasteiger partial charge is 0.444 e. The Labute approximate surface area is 146 Å². The highest BCUT2D eigenvalue weighted by Crippen LogP contribution is 2.23. The van der Waals surface area contributed by atoms with Gasteiger partial charge in [0.1, 0.15) is 16.4 Å². The van der Waals surface area contributed by atoms with E-state index in [1.807, 2.05) is 20.8 Å². The van der Waals surface area contributed by atoms with Gasteiger partial charge in [-0.3, -0.25) is 0 Å². The summed E-state index contributed by atoms with van der Waals surface area (Å²) in [6.45, 7) is 7.65. The molecule has 1 aliphatic rings. The number of nitrogens with zero attached hydrogens (tertiary/aromatic N) is 3. The maximum Gasteiger partial charge on any atom is 0.410 e. The highest BCUT2D eigenvalue weighted by atomic mass is 35.5. The molecule has 0 spiro atoms. The van der Waals surface area contributed by atoms with Gasteiger partial charge in [-0.2, -0.15) is 4.98 Å². The molecule has 0 bridgehead atoms. The average molecular weight is 361 g/mol. The molecule has 1 aromatic rings. The summed E-state index contributed by atoms with van der Waals surface area (Å²) in [5, 5.41) is 3.76. The van der Waals surface area contributed by atoms with Crippen LogP contribution >= 0.6 is 23.2 Å². The van der Waals surface area contributed by atoms with E-state index in [9.17, 15) is 4.79 Å². The third kappa shape index (κ3) is 5.70. The minimum Gasteiger partial charge on any atom is -0.444 e. The van der Waals surface area contributed by atoms with Crippen molar-refractivity contribution < 1.29 is 9.53 Å². The lowest BCUT2D eigenvalue weighted by Gasteiger charge is -2.34. The number of hydrogen-bond donors (Lipinski definition) is 1. The third-order valence-corrected chi connectivity index (χ3v) is 3.90. The minimum absolute atomic E-state index is 0.149. The number of anilines is 1. The first-order valence-corrected chi connectivity index (χ1v) is 8.40. The van der Waals surface area contributed by atoms with Gasteiger partial charge >= 0.3 is 6.09 Å². The number of carbonyl (C=O) groups excluding carboxylic acids is 1. The number of halogens is 2. The summed E-state index contributed by atoms with van der Waals surface area (Å²) >= 11 is 11.8. The Hall–Kier alpha value is -1.27. The fourth-order valence-corrected chi connectivity index (χ4v) is 2.73.